The third-order valence-corrected chi connectivity index (χ3v) is 6.87. The molecule has 162 valence electrons. The SMILES string of the molecule is CC(C)CN1CCC2(CC1)NC(=O)N(C1CCN(C(=O)C3CCCO3)CC1)C2=O. The largest absolute Gasteiger partial charge is 0.368 e. The first-order valence-electron chi connectivity index (χ1n) is 11.2. The number of nitrogens with zero attached hydrogens (tertiary/aromatic N) is 3. The first kappa shape index (κ1) is 20.6. The van der Waals surface area contributed by atoms with Crippen LogP contribution in [0.5, 0.6) is 0 Å². The van der Waals surface area contributed by atoms with Gasteiger partial charge in [0.25, 0.3) is 11.8 Å². The Kier molecular flexibility index (Phi) is 5.84. The van der Waals surface area contributed by atoms with Gasteiger partial charge >= 0.3 is 6.03 Å². The van der Waals surface area contributed by atoms with Gasteiger partial charge in [-0.25, -0.2) is 4.79 Å². The summed E-state index contributed by atoms with van der Waals surface area (Å²) >= 11 is 0. The van der Waals surface area contributed by atoms with Crippen molar-refractivity contribution >= 4 is 17.8 Å². The zero-order chi connectivity index (χ0) is 20.6. The van der Waals surface area contributed by atoms with Gasteiger partial charge in [-0.1, -0.05) is 13.8 Å². The average Bonchev–Trinajstić information content (AvgIpc) is 3.31. The summed E-state index contributed by atoms with van der Waals surface area (Å²) in [5.74, 6) is 0.597. The molecule has 8 heteroatoms. The molecule has 29 heavy (non-hydrogen) atoms. The van der Waals surface area contributed by atoms with Gasteiger partial charge < -0.3 is 19.9 Å². The quantitative estimate of drug-likeness (QED) is 0.710. The topological polar surface area (TPSA) is 82.2 Å². The summed E-state index contributed by atoms with van der Waals surface area (Å²) in [6.45, 7) is 8.92. The predicted molar refractivity (Wildman–Crippen MR) is 107 cm³/mol. The van der Waals surface area contributed by atoms with Crippen molar-refractivity contribution in [2.45, 2.75) is 70.1 Å². The molecule has 0 aromatic carbocycles. The molecule has 4 aliphatic heterocycles. The highest BCUT2D eigenvalue weighted by Crippen LogP contribution is 2.33. The Balaban J connectivity index is 1.33. The number of rotatable bonds is 4. The molecule has 0 saturated carbocycles. The van der Waals surface area contributed by atoms with Gasteiger partial charge in [-0.15, -0.1) is 0 Å². The minimum absolute atomic E-state index is 0.0596. The van der Waals surface area contributed by atoms with Crippen LogP contribution >= 0.6 is 0 Å². The molecule has 1 spiro atoms. The van der Waals surface area contributed by atoms with Crippen LogP contribution in [0.3, 0.4) is 0 Å². The number of urea groups is 1. The summed E-state index contributed by atoms with van der Waals surface area (Å²) in [4.78, 5) is 44.2. The lowest BCUT2D eigenvalue weighted by atomic mass is 9.86. The van der Waals surface area contributed by atoms with Crippen LogP contribution in [-0.2, 0) is 14.3 Å². The molecule has 4 heterocycles. The van der Waals surface area contributed by atoms with Gasteiger partial charge in [-0.05, 0) is 44.4 Å². The lowest BCUT2D eigenvalue weighted by Crippen LogP contribution is -2.56. The van der Waals surface area contributed by atoms with Crippen molar-refractivity contribution in [2.24, 2.45) is 5.92 Å². The van der Waals surface area contributed by atoms with Crippen molar-refractivity contribution in [3.8, 4) is 0 Å². The van der Waals surface area contributed by atoms with Gasteiger partial charge in [-0.3, -0.25) is 14.5 Å². The van der Waals surface area contributed by atoms with Crippen molar-refractivity contribution < 1.29 is 19.1 Å². The molecule has 1 unspecified atom stereocenters. The summed E-state index contributed by atoms with van der Waals surface area (Å²) in [5.41, 5.74) is -0.727. The van der Waals surface area contributed by atoms with Crippen LogP contribution in [0.1, 0.15) is 52.4 Å². The van der Waals surface area contributed by atoms with Crippen molar-refractivity contribution in [1.29, 1.82) is 0 Å². The van der Waals surface area contributed by atoms with Crippen molar-refractivity contribution in [3.05, 3.63) is 0 Å². The smallest absolute Gasteiger partial charge is 0.325 e. The van der Waals surface area contributed by atoms with Crippen molar-refractivity contribution in [3.63, 3.8) is 0 Å². The Morgan fingerprint density at radius 3 is 2.41 bits per heavy atom. The molecule has 4 aliphatic rings. The molecule has 0 aromatic heterocycles. The Morgan fingerprint density at radius 1 is 1.14 bits per heavy atom. The van der Waals surface area contributed by atoms with Gasteiger partial charge in [0.15, 0.2) is 0 Å². The molecule has 0 radical (unpaired) electrons. The minimum Gasteiger partial charge on any atom is -0.368 e. The third kappa shape index (κ3) is 4.01. The second-order valence-corrected chi connectivity index (χ2v) is 9.44. The maximum absolute atomic E-state index is 13.3. The number of carbonyl (C=O) groups excluding carboxylic acids is 3. The van der Waals surface area contributed by atoms with Crippen LogP contribution in [0, 0.1) is 5.92 Å². The van der Waals surface area contributed by atoms with E-state index in [-0.39, 0.29) is 30.0 Å². The number of carbonyl (C=O) groups is 3. The Hall–Kier alpha value is -1.67. The third-order valence-electron chi connectivity index (χ3n) is 6.87. The first-order valence-corrected chi connectivity index (χ1v) is 11.2. The second kappa shape index (κ2) is 8.22. The normalized spacial score (nSPS) is 28.6. The van der Waals surface area contributed by atoms with Gasteiger partial charge in [0.05, 0.1) is 0 Å². The summed E-state index contributed by atoms with van der Waals surface area (Å²) in [5, 5.41) is 3.03. The maximum Gasteiger partial charge on any atom is 0.325 e. The van der Waals surface area contributed by atoms with E-state index in [2.05, 4.69) is 24.1 Å². The number of hydrogen-bond donors (Lipinski definition) is 1. The van der Waals surface area contributed by atoms with E-state index in [4.69, 9.17) is 4.74 Å². The molecule has 1 atom stereocenters. The summed E-state index contributed by atoms with van der Waals surface area (Å²) in [6, 6.07) is -0.375. The highest BCUT2D eigenvalue weighted by atomic mass is 16.5. The zero-order valence-corrected chi connectivity index (χ0v) is 17.7. The van der Waals surface area contributed by atoms with E-state index >= 15 is 0 Å². The van der Waals surface area contributed by atoms with Crippen LogP contribution in [-0.4, -0.2) is 89.6 Å². The number of likely N-dealkylation sites (tertiary alicyclic amines) is 2. The number of nitrogens with one attached hydrogen (secondary N) is 1. The van der Waals surface area contributed by atoms with Gasteiger partial charge in [0, 0.05) is 45.4 Å². The predicted octanol–water partition coefficient (Wildman–Crippen LogP) is 1.20. The molecule has 0 bridgehead atoms. The lowest BCUT2D eigenvalue weighted by Gasteiger charge is -2.39. The number of piperidine rings is 2. The van der Waals surface area contributed by atoms with Gasteiger partial charge in [0.1, 0.15) is 11.6 Å². The molecular weight excluding hydrogens is 372 g/mol. The van der Waals surface area contributed by atoms with Gasteiger partial charge in [0.2, 0.25) is 0 Å². The lowest BCUT2D eigenvalue weighted by molar-refractivity contribution is -0.143. The maximum atomic E-state index is 13.3. The average molecular weight is 407 g/mol. The number of imide groups is 1. The number of ether oxygens (including phenoxy) is 1. The van der Waals surface area contributed by atoms with E-state index in [1.807, 2.05) is 4.90 Å². The fourth-order valence-corrected chi connectivity index (χ4v) is 5.27. The van der Waals surface area contributed by atoms with E-state index in [0.717, 1.165) is 32.5 Å². The fraction of sp³-hybridized carbons (Fsp3) is 0.857. The molecule has 8 nitrogen and oxygen atoms in total. The minimum atomic E-state index is -0.727. The van der Waals surface area contributed by atoms with E-state index < -0.39 is 5.54 Å². The van der Waals surface area contributed by atoms with Crippen LogP contribution in [0.4, 0.5) is 4.79 Å². The Bertz CT molecular complexity index is 645. The van der Waals surface area contributed by atoms with E-state index in [1.54, 1.807) is 0 Å². The summed E-state index contributed by atoms with van der Waals surface area (Å²) in [7, 11) is 0. The molecule has 4 saturated heterocycles. The molecule has 0 aromatic rings. The first-order chi connectivity index (χ1) is 13.9. The van der Waals surface area contributed by atoms with E-state index in [9.17, 15) is 14.4 Å². The zero-order valence-electron chi connectivity index (χ0n) is 17.7. The molecule has 4 rings (SSSR count). The molecule has 4 fully saturated rings. The molecule has 1 N–H and O–H groups in total. The van der Waals surface area contributed by atoms with Crippen LogP contribution < -0.4 is 5.32 Å². The highest BCUT2D eigenvalue weighted by Gasteiger charge is 2.54. The van der Waals surface area contributed by atoms with Crippen LogP contribution in [0.2, 0.25) is 0 Å². The van der Waals surface area contributed by atoms with E-state index in [0.29, 0.717) is 51.3 Å². The molecular formula is C21H34N4O4. The van der Waals surface area contributed by atoms with E-state index in [1.165, 1.54) is 4.90 Å². The monoisotopic (exact) mass is 406 g/mol. The van der Waals surface area contributed by atoms with Crippen molar-refractivity contribution in [2.75, 3.05) is 39.3 Å². The Morgan fingerprint density at radius 2 is 1.83 bits per heavy atom. The molecule has 4 amide bonds. The second-order valence-electron chi connectivity index (χ2n) is 9.44. The fourth-order valence-electron chi connectivity index (χ4n) is 5.27. The Labute approximate surface area is 172 Å². The number of amides is 4. The number of hydrogen-bond acceptors (Lipinski definition) is 5. The standard InChI is InChI=1S/C21H34N4O4/c1-15(2)14-23-11-7-21(8-12-23)19(27)25(20(28)22-21)16-5-9-24(10-6-16)18(26)17-4-3-13-29-17/h15-17H,3-14H2,1-2H3,(H,22,28). The highest BCUT2D eigenvalue weighted by molar-refractivity contribution is 6.07. The van der Waals surface area contributed by atoms with Crippen LogP contribution in [0.15, 0.2) is 0 Å². The van der Waals surface area contributed by atoms with Gasteiger partial charge in [-0.2, -0.15) is 0 Å². The van der Waals surface area contributed by atoms with Crippen LogP contribution in [0.25, 0.3) is 0 Å². The van der Waals surface area contributed by atoms with Crippen molar-refractivity contribution in [1.82, 2.24) is 20.0 Å². The summed E-state index contributed by atoms with van der Waals surface area (Å²) in [6.07, 6.45) is 4.07. The summed E-state index contributed by atoms with van der Waals surface area (Å²) < 4.78 is 5.51. The molecule has 0 aliphatic carbocycles.